The first-order valence-corrected chi connectivity index (χ1v) is 11.7. The molecule has 2 aromatic rings. The molecule has 1 saturated heterocycles. The lowest BCUT2D eigenvalue weighted by atomic mass is 10.2. The molecule has 172 valence electrons. The van der Waals surface area contributed by atoms with Crippen molar-refractivity contribution in [3.05, 3.63) is 65.9 Å². The van der Waals surface area contributed by atoms with Crippen LogP contribution in [0.1, 0.15) is 12.5 Å². The van der Waals surface area contributed by atoms with Crippen molar-refractivity contribution in [2.24, 2.45) is 0 Å². The maximum atomic E-state index is 13.0. The highest BCUT2D eigenvalue weighted by molar-refractivity contribution is 7.89. The van der Waals surface area contributed by atoms with E-state index < -0.39 is 21.8 Å². The number of hydrogen-bond acceptors (Lipinski definition) is 7. The van der Waals surface area contributed by atoms with E-state index in [9.17, 15) is 23.3 Å². The molecule has 2 N–H and O–H groups in total. The van der Waals surface area contributed by atoms with Gasteiger partial charge in [0.1, 0.15) is 11.6 Å². The lowest BCUT2D eigenvalue weighted by Gasteiger charge is -2.33. The van der Waals surface area contributed by atoms with E-state index in [-0.39, 0.29) is 23.6 Å². The first-order chi connectivity index (χ1) is 15.6. The number of aryl methyl sites for hydroxylation is 1. The van der Waals surface area contributed by atoms with E-state index in [0.29, 0.717) is 24.5 Å². The largest absolute Gasteiger partial charge is 0.399 e. The minimum atomic E-state index is -3.63. The van der Waals surface area contributed by atoms with Crippen molar-refractivity contribution in [1.82, 2.24) is 9.21 Å². The third kappa shape index (κ3) is 5.39. The molecule has 0 radical (unpaired) electrons. The number of hydrogen-bond donors (Lipinski definition) is 1. The van der Waals surface area contributed by atoms with Crippen LogP contribution in [0.3, 0.4) is 0 Å². The average molecular weight is 468 g/mol. The summed E-state index contributed by atoms with van der Waals surface area (Å²) < 4.78 is 27.1. The SMILES string of the molecule is CC(=O)N(C(=O)/C(C#N)=C\N1CCN(S(=O)(=O)c2ccc(C)cc2)CC1)c1ccc(N)cc1. The molecule has 0 saturated carbocycles. The van der Waals surface area contributed by atoms with E-state index in [4.69, 9.17) is 5.73 Å². The van der Waals surface area contributed by atoms with Gasteiger partial charge in [0, 0.05) is 45.0 Å². The monoisotopic (exact) mass is 467 g/mol. The molecule has 0 atom stereocenters. The number of benzene rings is 2. The molecule has 33 heavy (non-hydrogen) atoms. The topological polar surface area (TPSA) is 128 Å². The van der Waals surface area contributed by atoms with Crippen LogP contribution in [0.15, 0.2) is 65.2 Å². The Balaban J connectivity index is 1.74. The summed E-state index contributed by atoms with van der Waals surface area (Å²) in [7, 11) is -3.63. The van der Waals surface area contributed by atoms with Gasteiger partial charge in [0.15, 0.2) is 0 Å². The van der Waals surface area contributed by atoms with Crippen molar-refractivity contribution in [2.75, 3.05) is 36.8 Å². The number of nitriles is 1. The van der Waals surface area contributed by atoms with E-state index >= 15 is 0 Å². The maximum Gasteiger partial charge on any atom is 0.277 e. The molecular formula is C23H25N5O4S. The molecule has 1 fully saturated rings. The van der Waals surface area contributed by atoms with Gasteiger partial charge in [-0.1, -0.05) is 17.7 Å². The highest BCUT2D eigenvalue weighted by atomic mass is 32.2. The van der Waals surface area contributed by atoms with Crippen molar-refractivity contribution in [2.45, 2.75) is 18.7 Å². The molecule has 10 heteroatoms. The van der Waals surface area contributed by atoms with Gasteiger partial charge in [-0.05, 0) is 43.3 Å². The Kier molecular flexibility index (Phi) is 7.16. The van der Waals surface area contributed by atoms with E-state index in [1.807, 2.05) is 13.0 Å². The van der Waals surface area contributed by atoms with Crippen LogP contribution in [-0.2, 0) is 19.6 Å². The fraction of sp³-hybridized carbons (Fsp3) is 0.261. The normalized spacial score (nSPS) is 15.1. The molecule has 0 bridgehead atoms. The van der Waals surface area contributed by atoms with Gasteiger partial charge in [-0.15, -0.1) is 0 Å². The van der Waals surface area contributed by atoms with Crippen LogP contribution >= 0.6 is 0 Å². The summed E-state index contributed by atoms with van der Waals surface area (Å²) in [5.41, 5.74) is 7.19. The zero-order valence-electron chi connectivity index (χ0n) is 18.4. The third-order valence-corrected chi connectivity index (χ3v) is 7.18. The summed E-state index contributed by atoms with van der Waals surface area (Å²) in [6, 6.07) is 14.7. The molecule has 1 aliphatic rings. The second-order valence-corrected chi connectivity index (χ2v) is 9.60. The summed E-state index contributed by atoms with van der Waals surface area (Å²) in [6.45, 7) is 4.12. The van der Waals surface area contributed by atoms with Gasteiger partial charge >= 0.3 is 0 Å². The molecule has 3 rings (SSSR count). The van der Waals surface area contributed by atoms with E-state index in [0.717, 1.165) is 10.5 Å². The van der Waals surface area contributed by atoms with Crippen LogP contribution < -0.4 is 10.6 Å². The number of sulfonamides is 1. The predicted octanol–water partition coefficient (Wildman–Crippen LogP) is 1.87. The zero-order valence-corrected chi connectivity index (χ0v) is 19.2. The Morgan fingerprint density at radius 1 is 1.03 bits per heavy atom. The first kappa shape index (κ1) is 24.0. The Morgan fingerprint density at radius 3 is 2.12 bits per heavy atom. The Bertz CT molecular complexity index is 1210. The number of carbonyl (C=O) groups excluding carboxylic acids is 2. The van der Waals surface area contributed by atoms with Gasteiger partial charge in [-0.2, -0.15) is 9.57 Å². The summed E-state index contributed by atoms with van der Waals surface area (Å²) in [6.07, 6.45) is 1.38. The Labute approximate surface area is 193 Å². The first-order valence-electron chi connectivity index (χ1n) is 10.3. The van der Waals surface area contributed by atoms with Gasteiger partial charge in [-0.25, -0.2) is 13.3 Å². The average Bonchev–Trinajstić information content (AvgIpc) is 2.79. The Morgan fingerprint density at radius 2 is 1.61 bits per heavy atom. The molecule has 0 spiro atoms. The summed E-state index contributed by atoms with van der Waals surface area (Å²) in [5, 5.41) is 9.57. The fourth-order valence-corrected chi connectivity index (χ4v) is 4.85. The van der Waals surface area contributed by atoms with Gasteiger partial charge in [0.05, 0.1) is 10.6 Å². The minimum Gasteiger partial charge on any atom is -0.399 e. The second-order valence-electron chi connectivity index (χ2n) is 7.66. The standard InChI is InChI=1S/C23H25N5O4S/c1-17-3-9-22(10-4-17)33(31,32)27-13-11-26(12-14-27)16-19(15-24)23(30)28(18(2)29)21-7-5-20(25)6-8-21/h3-10,16H,11-14,25H2,1-2H3/b19-16-. The molecule has 0 aliphatic carbocycles. The van der Waals surface area contributed by atoms with Crippen LogP contribution in [-0.4, -0.2) is 55.6 Å². The van der Waals surface area contributed by atoms with E-state index in [1.165, 1.54) is 29.6 Å². The van der Waals surface area contributed by atoms with Crippen LogP contribution in [0, 0.1) is 18.3 Å². The highest BCUT2D eigenvalue weighted by Crippen LogP contribution is 2.21. The van der Waals surface area contributed by atoms with Crippen molar-refractivity contribution < 1.29 is 18.0 Å². The molecule has 2 aromatic carbocycles. The molecule has 1 aliphatic heterocycles. The van der Waals surface area contributed by atoms with Crippen molar-refractivity contribution in [3.63, 3.8) is 0 Å². The summed E-state index contributed by atoms with van der Waals surface area (Å²) in [4.78, 5) is 27.9. The van der Waals surface area contributed by atoms with Crippen LogP contribution in [0.25, 0.3) is 0 Å². The van der Waals surface area contributed by atoms with Crippen LogP contribution in [0.2, 0.25) is 0 Å². The molecule has 0 unspecified atom stereocenters. The van der Waals surface area contributed by atoms with Crippen LogP contribution in [0.4, 0.5) is 11.4 Å². The smallest absolute Gasteiger partial charge is 0.277 e. The number of amides is 2. The second kappa shape index (κ2) is 9.85. The maximum absolute atomic E-state index is 13.0. The highest BCUT2D eigenvalue weighted by Gasteiger charge is 2.29. The van der Waals surface area contributed by atoms with Crippen molar-refractivity contribution in [3.8, 4) is 6.07 Å². The fourth-order valence-electron chi connectivity index (χ4n) is 3.43. The quantitative estimate of drug-likeness (QED) is 0.404. The molecule has 0 aromatic heterocycles. The molecule has 9 nitrogen and oxygen atoms in total. The number of nitrogens with zero attached hydrogens (tertiary/aromatic N) is 4. The minimum absolute atomic E-state index is 0.202. The number of carbonyl (C=O) groups is 2. The number of rotatable bonds is 5. The summed E-state index contributed by atoms with van der Waals surface area (Å²) in [5.74, 6) is -1.30. The summed E-state index contributed by atoms with van der Waals surface area (Å²) >= 11 is 0. The molecule has 2 amide bonds. The predicted molar refractivity (Wildman–Crippen MR) is 124 cm³/mol. The molecule has 1 heterocycles. The lowest BCUT2D eigenvalue weighted by molar-refractivity contribution is -0.123. The van der Waals surface area contributed by atoms with Gasteiger partial charge in [-0.3, -0.25) is 9.59 Å². The Hall–Kier alpha value is -3.68. The number of anilines is 2. The number of piperazine rings is 1. The van der Waals surface area contributed by atoms with Gasteiger partial charge in [0.25, 0.3) is 5.91 Å². The lowest BCUT2D eigenvalue weighted by Crippen LogP contribution is -2.47. The van der Waals surface area contributed by atoms with Gasteiger partial charge < -0.3 is 10.6 Å². The van der Waals surface area contributed by atoms with E-state index in [2.05, 4.69) is 0 Å². The number of imide groups is 1. The third-order valence-electron chi connectivity index (χ3n) is 5.26. The van der Waals surface area contributed by atoms with Crippen molar-refractivity contribution in [1.29, 1.82) is 5.26 Å². The number of nitrogens with two attached hydrogens (primary N) is 1. The van der Waals surface area contributed by atoms with Crippen LogP contribution in [0.5, 0.6) is 0 Å². The van der Waals surface area contributed by atoms with Gasteiger partial charge in [0.2, 0.25) is 15.9 Å². The van der Waals surface area contributed by atoms with E-state index in [1.54, 1.807) is 41.3 Å². The molecular weight excluding hydrogens is 442 g/mol. The zero-order chi connectivity index (χ0) is 24.2. The van der Waals surface area contributed by atoms with Crippen molar-refractivity contribution >= 4 is 33.2 Å². The number of nitrogen functional groups attached to an aromatic ring is 1.